The van der Waals surface area contributed by atoms with Gasteiger partial charge in [-0.15, -0.1) is 0 Å². The van der Waals surface area contributed by atoms with Gasteiger partial charge in [0, 0.05) is 30.6 Å². The second-order valence-electron chi connectivity index (χ2n) is 6.22. The summed E-state index contributed by atoms with van der Waals surface area (Å²) in [7, 11) is 0. The molecule has 2 aliphatic rings. The highest BCUT2D eigenvalue weighted by Gasteiger charge is 2.33. The zero-order valence-corrected chi connectivity index (χ0v) is 13.2. The molecule has 1 fully saturated rings. The van der Waals surface area contributed by atoms with Gasteiger partial charge in [0.05, 0.1) is 6.54 Å². The van der Waals surface area contributed by atoms with Crippen LogP contribution in [0.1, 0.15) is 38.2 Å². The Hall–Kier alpha value is -2.04. The number of nitrogens with one attached hydrogen (secondary N) is 3. The molecule has 0 bridgehead atoms. The van der Waals surface area contributed by atoms with Crippen molar-refractivity contribution in [1.82, 2.24) is 10.6 Å². The molecule has 1 aliphatic carbocycles. The summed E-state index contributed by atoms with van der Waals surface area (Å²) in [5.74, 6) is 1.81. The Bertz CT molecular complexity index is 584. The molecule has 1 aromatic rings. The van der Waals surface area contributed by atoms with Crippen LogP contribution in [0.25, 0.3) is 0 Å². The normalized spacial score (nSPS) is 26.9. The molecule has 1 saturated carbocycles. The Morgan fingerprint density at radius 2 is 2.18 bits per heavy atom. The van der Waals surface area contributed by atoms with E-state index in [0.29, 0.717) is 19.0 Å². The van der Waals surface area contributed by atoms with Crippen molar-refractivity contribution in [2.75, 3.05) is 18.4 Å². The third kappa shape index (κ3) is 3.40. The van der Waals surface area contributed by atoms with E-state index in [1.807, 2.05) is 18.2 Å². The van der Waals surface area contributed by atoms with E-state index in [-0.39, 0.29) is 11.8 Å². The summed E-state index contributed by atoms with van der Waals surface area (Å²) < 4.78 is 0. The van der Waals surface area contributed by atoms with Crippen LogP contribution in [0.4, 0.5) is 5.69 Å². The number of guanidine groups is 1. The molecule has 1 heterocycles. The first kappa shape index (κ1) is 14.9. The summed E-state index contributed by atoms with van der Waals surface area (Å²) in [6, 6.07) is 8.55. The minimum Gasteiger partial charge on any atom is -0.357 e. The molecule has 0 radical (unpaired) electrons. The predicted molar refractivity (Wildman–Crippen MR) is 89.1 cm³/mol. The molecule has 1 amide bonds. The van der Waals surface area contributed by atoms with E-state index in [0.717, 1.165) is 24.1 Å². The fourth-order valence-electron chi connectivity index (χ4n) is 2.88. The zero-order valence-electron chi connectivity index (χ0n) is 13.2. The number of hydrogen-bond acceptors (Lipinski definition) is 2. The maximum Gasteiger partial charge on any atom is 0.225 e. The molecule has 0 aromatic heterocycles. The van der Waals surface area contributed by atoms with Gasteiger partial charge in [0.1, 0.15) is 0 Å². The number of carbonyl (C=O) groups is 1. The van der Waals surface area contributed by atoms with Crippen LogP contribution in [-0.4, -0.2) is 31.0 Å². The molecule has 3 rings (SSSR count). The number of hydrogen-bond donors (Lipinski definition) is 3. The number of nitrogens with zero attached hydrogens (tertiary/aromatic N) is 1. The van der Waals surface area contributed by atoms with Crippen LogP contribution >= 0.6 is 0 Å². The molecule has 1 aromatic carbocycles. The second kappa shape index (κ2) is 6.38. The molecule has 3 atom stereocenters. The highest BCUT2D eigenvalue weighted by molar-refractivity contribution is 5.94. The van der Waals surface area contributed by atoms with E-state index in [9.17, 15) is 4.79 Å². The standard InChI is InChI=1S/C17H24N4O/c1-3-18-17(21-15-8-11(15)2)19-10-12-9-16(22)20-14-7-5-4-6-13(12)14/h4-7,11-12,15H,3,8-10H2,1-2H3,(H,20,22)(H2,18,19,21). The van der Waals surface area contributed by atoms with Crippen molar-refractivity contribution in [2.45, 2.75) is 38.6 Å². The van der Waals surface area contributed by atoms with E-state index in [1.54, 1.807) is 0 Å². The lowest BCUT2D eigenvalue weighted by Crippen LogP contribution is -2.39. The van der Waals surface area contributed by atoms with Crippen molar-refractivity contribution >= 4 is 17.6 Å². The van der Waals surface area contributed by atoms with E-state index in [4.69, 9.17) is 4.99 Å². The van der Waals surface area contributed by atoms with Crippen molar-refractivity contribution in [3.05, 3.63) is 29.8 Å². The largest absolute Gasteiger partial charge is 0.357 e. The third-order valence-electron chi connectivity index (χ3n) is 4.35. The van der Waals surface area contributed by atoms with Crippen LogP contribution < -0.4 is 16.0 Å². The molecule has 1 aliphatic heterocycles. The number of fused-ring (bicyclic) bond motifs is 1. The Morgan fingerprint density at radius 1 is 1.41 bits per heavy atom. The number of benzene rings is 1. The molecule has 0 spiro atoms. The maximum absolute atomic E-state index is 11.8. The molecular weight excluding hydrogens is 276 g/mol. The molecule has 5 heteroatoms. The van der Waals surface area contributed by atoms with Gasteiger partial charge in [-0.25, -0.2) is 0 Å². The van der Waals surface area contributed by atoms with Crippen LogP contribution in [0.3, 0.4) is 0 Å². The number of aliphatic imine (C=N–C) groups is 1. The Balaban J connectivity index is 1.70. The van der Waals surface area contributed by atoms with E-state index >= 15 is 0 Å². The minimum atomic E-state index is 0.0766. The molecule has 5 nitrogen and oxygen atoms in total. The van der Waals surface area contributed by atoms with Gasteiger partial charge in [-0.3, -0.25) is 9.79 Å². The summed E-state index contributed by atoms with van der Waals surface area (Å²) in [4.78, 5) is 16.5. The number of para-hydroxylation sites is 1. The van der Waals surface area contributed by atoms with Gasteiger partial charge in [0.2, 0.25) is 5.91 Å². The van der Waals surface area contributed by atoms with Gasteiger partial charge in [0.25, 0.3) is 0 Å². The van der Waals surface area contributed by atoms with Crippen LogP contribution in [0.15, 0.2) is 29.3 Å². The molecule has 0 saturated heterocycles. The molecular formula is C17H24N4O. The minimum absolute atomic E-state index is 0.0766. The molecule has 118 valence electrons. The van der Waals surface area contributed by atoms with Crippen molar-refractivity contribution in [3.63, 3.8) is 0 Å². The first-order chi connectivity index (χ1) is 10.7. The van der Waals surface area contributed by atoms with E-state index in [1.165, 1.54) is 12.0 Å². The summed E-state index contributed by atoms with van der Waals surface area (Å²) in [6.07, 6.45) is 1.71. The topological polar surface area (TPSA) is 65.5 Å². The van der Waals surface area contributed by atoms with Crippen LogP contribution in [-0.2, 0) is 4.79 Å². The first-order valence-electron chi connectivity index (χ1n) is 8.11. The third-order valence-corrected chi connectivity index (χ3v) is 4.35. The number of amides is 1. The SMILES string of the molecule is CCNC(=NCC1CC(=O)Nc2ccccc21)NC1CC1C. The quantitative estimate of drug-likeness (QED) is 0.589. The second-order valence-corrected chi connectivity index (χ2v) is 6.22. The fourth-order valence-corrected chi connectivity index (χ4v) is 2.88. The first-order valence-corrected chi connectivity index (χ1v) is 8.11. The lowest BCUT2D eigenvalue weighted by molar-refractivity contribution is -0.116. The van der Waals surface area contributed by atoms with Gasteiger partial charge >= 0.3 is 0 Å². The van der Waals surface area contributed by atoms with Gasteiger partial charge < -0.3 is 16.0 Å². The predicted octanol–water partition coefficient (Wildman–Crippen LogP) is 2.08. The smallest absolute Gasteiger partial charge is 0.225 e. The van der Waals surface area contributed by atoms with Crippen molar-refractivity contribution in [3.8, 4) is 0 Å². The van der Waals surface area contributed by atoms with Crippen molar-refractivity contribution in [1.29, 1.82) is 0 Å². The summed E-state index contributed by atoms with van der Waals surface area (Å²) >= 11 is 0. The number of anilines is 1. The summed E-state index contributed by atoms with van der Waals surface area (Å²) in [6.45, 7) is 5.77. The lowest BCUT2D eigenvalue weighted by Gasteiger charge is -2.24. The van der Waals surface area contributed by atoms with Crippen molar-refractivity contribution in [2.24, 2.45) is 10.9 Å². The number of rotatable bonds is 4. The van der Waals surface area contributed by atoms with Gasteiger partial charge in [-0.05, 0) is 30.9 Å². The summed E-state index contributed by atoms with van der Waals surface area (Å²) in [5, 5.41) is 9.67. The maximum atomic E-state index is 11.8. The van der Waals surface area contributed by atoms with E-state index in [2.05, 4.69) is 35.9 Å². The monoisotopic (exact) mass is 300 g/mol. The highest BCUT2D eigenvalue weighted by atomic mass is 16.1. The molecule has 22 heavy (non-hydrogen) atoms. The molecule has 3 unspecified atom stereocenters. The zero-order chi connectivity index (χ0) is 15.5. The van der Waals surface area contributed by atoms with Crippen molar-refractivity contribution < 1.29 is 4.79 Å². The lowest BCUT2D eigenvalue weighted by atomic mass is 9.91. The van der Waals surface area contributed by atoms with Crippen LogP contribution in [0, 0.1) is 5.92 Å². The Labute approximate surface area is 131 Å². The average Bonchev–Trinajstić information content (AvgIpc) is 3.19. The average molecular weight is 300 g/mol. The van der Waals surface area contributed by atoms with E-state index < -0.39 is 0 Å². The number of carbonyl (C=O) groups excluding carboxylic acids is 1. The highest BCUT2D eigenvalue weighted by Crippen LogP contribution is 2.32. The Kier molecular flexibility index (Phi) is 4.32. The molecule has 3 N–H and O–H groups in total. The van der Waals surface area contributed by atoms with Gasteiger partial charge in [-0.2, -0.15) is 0 Å². The summed E-state index contributed by atoms with van der Waals surface area (Å²) in [5.41, 5.74) is 2.11. The van der Waals surface area contributed by atoms with Gasteiger partial charge in [-0.1, -0.05) is 25.1 Å². The Morgan fingerprint density at radius 3 is 2.91 bits per heavy atom. The van der Waals surface area contributed by atoms with Crippen LogP contribution in [0.5, 0.6) is 0 Å². The van der Waals surface area contributed by atoms with Gasteiger partial charge in [0.15, 0.2) is 5.96 Å². The van der Waals surface area contributed by atoms with Crippen LogP contribution in [0.2, 0.25) is 0 Å². The fraction of sp³-hybridized carbons (Fsp3) is 0.529.